The first kappa shape index (κ1) is 47.3. The Morgan fingerprint density at radius 1 is 0.871 bits per heavy atom. The van der Waals surface area contributed by atoms with Crippen molar-refractivity contribution in [2.45, 2.75) is 113 Å². The number of H-pyrrole nitrogens is 2. The number of aromatic hydroxyl groups is 2. The SMILES string of the molecule is CNCC1C#CC2Nc3[nH]ccc3Cc3cc(ccc3CC1O)Cc1cc(cc(OC3CCCC3)c1O)CCC(=O)C(CCO)C(=O)C1C2=Cc2[nH]ccc2C1CC1(O)C=Cc2c(O)cccc2CC1. The zero-order valence-electron chi connectivity index (χ0n) is 39.8. The summed E-state index contributed by atoms with van der Waals surface area (Å²) >= 11 is 0. The topological polar surface area (TPSA) is 200 Å². The summed E-state index contributed by atoms with van der Waals surface area (Å²) in [5, 5.41) is 65.1. The third kappa shape index (κ3) is 9.73. The van der Waals surface area contributed by atoms with Crippen molar-refractivity contribution in [2.75, 3.05) is 25.5 Å². The van der Waals surface area contributed by atoms with Gasteiger partial charge in [-0.25, -0.2) is 0 Å². The van der Waals surface area contributed by atoms with Gasteiger partial charge in [-0.2, -0.15) is 0 Å². The quantitative estimate of drug-likeness (QED) is 0.0556. The first-order valence-corrected chi connectivity index (χ1v) is 25.1. The van der Waals surface area contributed by atoms with Gasteiger partial charge in [-0.15, -0.1) is 0 Å². The van der Waals surface area contributed by atoms with Crippen molar-refractivity contribution in [3.63, 3.8) is 0 Å². The molecule has 12 nitrogen and oxygen atoms in total. The normalized spacial score (nSPS) is 25.7. The summed E-state index contributed by atoms with van der Waals surface area (Å²) in [5.41, 5.74) is 7.63. The average Bonchev–Trinajstić information content (AvgIpc) is 4.13. The van der Waals surface area contributed by atoms with Crippen LogP contribution in [0, 0.1) is 29.6 Å². The molecular formula is C58H64N4O8. The molecule has 7 unspecified atom stereocenters. The number of aliphatic hydroxyl groups is 3. The number of hydrogen-bond donors (Lipinski definition) is 9. The van der Waals surface area contributed by atoms with E-state index in [1.54, 1.807) is 24.3 Å². The predicted octanol–water partition coefficient (Wildman–Crippen LogP) is 7.45. The summed E-state index contributed by atoms with van der Waals surface area (Å²) in [4.78, 5) is 37.7. The highest BCUT2D eigenvalue weighted by atomic mass is 16.5. The number of phenolic OH excluding ortho intramolecular Hbond substituents is 2. The summed E-state index contributed by atoms with van der Waals surface area (Å²) in [6, 6.07) is 18.5. The minimum atomic E-state index is -1.43. The Balaban J connectivity index is 1.15. The number of anilines is 1. The van der Waals surface area contributed by atoms with Crippen molar-refractivity contribution in [1.29, 1.82) is 0 Å². The van der Waals surface area contributed by atoms with Gasteiger partial charge in [0.1, 0.15) is 23.4 Å². The number of aromatic nitrogens is 2. The second-order valence-electron chi connectivity index (χ2n) is 20.3. The molecule has 0 radical (unpaired) electrons. The van der Waals surface area contributed by atoms with Gasteiger partial charge < -0.3 is 50.9 Å². The largest absolute Gasteiger partial charge is 0.507 e. The highest BCUT2D eigenvalue weighted by Crippen LogP contribution is 2.48. The van der Waals surface area contributed by atoms with E-state index in [1.165, 1.54) is 0 Å². The van der Waals surface area contributed by atoms with Gasteiger partial charge in [-0.3, -0.25) is 9.59 Å². The van der Waals surface area contributed by atoms with Crippen LogP contribution in [0.3, 0.4) is 0 Å². The average molecular weight is 945 g/mol. The number of aryl methyl sites for hydroxylation is 2. The van der Waals surface area contributed by atoms with Crippen molar-refractivity contribution < 1.29 is 39.9 Å². The molecule has 0 amide bonds. The first-order valence-electron chi connectivity index (χ1n) is 25.1. The second kappa shape index (κ2) is 20.2. The molecule has 70 heavy (non-hydrogen) atoms. The van der Waals surface area contributed by atoms with Crippen molar-refractivity contribution in [1.82, 2.24) is 15.3 Å². The van der Waals surface area contributed by atoms with Crippen LogP contribution in [0.25, 0.3) is 12.2 Å². The highest BCUT2D eigenvalue weighted by molar-refractivity contribution is 6.05. The predicted molar refractivity (Wildman–Crippen MR) is 270 cm³/mol. The molecule has 2 aliphatic heterocycles. The van der Waals surface area contributed by atoms with Crippen molar-refractivity contribution >= 4 is 29.5 Å². The molecule has 5 aromatic rings. The number of phenols is 2. The van der Waals surface area contributed by atoms with E-state index in [9.17, 15) is 30.3 Å². The number of nitrogens with one attached hydrogen (secondary N) is 4. The lowest BCUT2D eigenvalue weighted by atomic mass is 9.65. The number of rotatable bonds is 8. The molecule has 5 bridgehead atoms. The van der Waals surface area contributed by atoms with Crippen LogP contribution in [-0.4, -0.2) is 91.1 Å². The Kier molecular flexibility index (Phi) is 13.6. The molecule has 9 N–H and O–H groups in total. The van der Waals surface area contributed by atoms with E-state index in [0.717, 1.165) is 70.3 Å². The van der Waals surface area contributed by atoms with Crippen LogP contribution in [0.1, 0.15) is 113 Å². The second-order valence-corrected chi connectivity index (χ2v) is 20.3. The van der Waals surface area contributed by atoms with Gasteiger partial charge in [0.05, 0.1) is 29.6 Å². The van der Waals surface area contributed by atoms with Gasteiger partial charge in [0, 0.05) is 73.5 Å². The van der Waals surface area contributed by atoms with Crippen molar-refractivity contribution in [3.8, 4) is 29.1 Å². The number of fused-ring (bicyclic) bond motifs is 8. The standard InChI is InChI=1S/C58H64N4O8/c1-59-33-39-12-13-48-46-31-49-44(18-23-60-49)47(32-58(69)20-15-36-5-4-8-50(64)43(36)16-21-58)54(46)56(68)45(19-24-63)51(65)14-10-35-27-41(55(67)53(28-35)70-42-6-2-3-7-42)26-34-9-11-37(30-52(39)66)40(25-34)29-38-17-22-61-57(38)62-48/h4-5,8-9,11,16-18,21-23,25,27-28,31,39,42,45,47-48,52,54,59-64,66-67,69H,2-3,6-7,10,14-15,19-20,24,26,29-30,32-33H2,1H3. The summed E-state index contributed by atoms with van der Waals surface area (Å²) in [6.07, 6.45) is 14.4. The third-order valence-electron chi connectivity index (χ3n) is 15.6. The molecule has 4 heterocycles. The zero-order chi connectivity index (χ0) is 48.5. The van der Waals surface area contributed by atoms with E-state index in [0.29, 0.717) is 66.9 Å². The summed E-state index contributed by atoms with van der Waals surface area (Å²) in [7, 11) is 1.83. The molecule has 0 saturated heterocycles. The fourth-order valence-electron chi connectivity index (χ4n) is 11.8. The van der Waals surface area contributed by atoms with Gasteiger partial charge in [0.15, 0.2) is 17.3 Å². The van der Waals surface area contributed by atoms with E-state index < -0.39 is 48.0 Å². The lowest BCUT2D eigenvalue weighted by molar-refractivity contribution is -0.135. The number of aliphatic hydroxyl groups excluding tert-OH is 2. The van der Waals surface area contributed by atoms with E-state index in [-0.39, 0.29) is 54.9 Å². The van der Waals surface area contributed by atoms with E-state index >= 15 is 4.79 Å². The van der Waals surface area contributed by atoms with Crippen LogP contribution in [-0.2, 0) is 41.7 Å². The Hall–Kier alpha value is -6.36. The molecule has 7 atom stereocenters. The molecule has 10 rings (SSSR count). The molecule has 3 aliphatic carbocycles. The number of ether oxygens (including phenoxy) is 1. The fraction of sp³-hybridized carbons (Fsp3) is 0.414. The fourth-order valence-corrected chi connectivity index (χ4v) is 11.8. The van der Waals surface area contributed by atoms with Crippen LogP contribution >= 0.6 is 0 Å². The number of carbonyl (C=O) groups is 2. The van der Waals surface area contributed by atoms with E-state index in [1.807, 2.05) is 61.9 Å². The first-order chi connectivity index (χ1) is 34.0. The molecule has 1 fully saturated rings. The number of ketones is 2. The molecule has 1 saturated carbocycles. The lowest BCUT2D eigenvalue weighted by Crippen LogP contribution is -2.43. The molecule has 5 aliphatic rings. The van der Waals surface area contributed by atoms with E-state index in [2.05, 4.69) is 44.6 Å². The number of Topliss-reactive ketones (excluding diaryl/α,β-unsaturated/α-hetero) is 2. The monoisotopic (exact) mass is 944 g/mol. The zero-order valence-corrected chi connectivity index (χ0v) is 39.8. The van der Waals surface area contributed by atoms with Gasteiger partial charge >= 0.3 is 0 Å². The highest BCUT2D eigenvalue weighted by Gasteiger charge is 2.46. The van der Waals surface area contributed by atoms with Crippen LogP contribution < -0.4 is 15.4 Å². The van der Waals surface area contributed by atoms with Gasteiger partial charge in [-0.1, -0.05) is 60.4 Å². The Morgan fingerprint density at radius 3 is 2.53 bits per heavy atom. The van der Waals surface area contributed by atoms with Crippen molar-refractivity contribution in [3.05, 3.63) is 140 Å². The number of benzene rings is 3. The van der Waals surface area contributed by atoms with E-state index in [4.69, 9.17) is 4.74 Å². The van der Waals surface area contributed by atoms with Gasteiger partial charge in [-0.05, 0) is 146 Å². The summed E-state index contributed by atoms with van der Waals surface area (Å²) in [6.45, 7) is -0.0132. The van der Waals surface area contributed by atoms with Gasteiger partial charge in [0.2, 0.25) is 0 Å². The maximum Gasteiger partial charge on any atom is 0.161 e. The maximum atomic E-state index is 16.0. The van der Waals surface area contributed by atoms with Crippen LogP contribution in [0.5, 0.6) is 17.2 Å². The van der Waals surface area contributed by atoms with Crippen molar-refractivity contribution in [2.24, 2.45) is 17.8 Å². The third-order valence-corrected chi connectivity index (χ3v) is 15.6. The molecule has 2 aromatic heterocycles. The number of aromatic amines is 2. The van der Waals surface area contributed by atoms with Crippen LogP contribution in [0.15, 0.2) is 84.7 Å². The Bertz CT molecular complexity index is 2890. The molecular weight excluding hydrogens is 881 g/mol. The molecule has 364 valence electrons. The minimum Gasteiger partial charge on any atom is -0.507 e. The maximum absolute atomic E-state index is 16.0. The number of carbonyl (C=O) groups excluding carboxylic acids is 2. The van der Waals surface area contributed by atoms with Crippen LogP contribution in [0.2, 0.25) is 0 Å². The van der Waals surface area contributed by atoms with Gasteiger partial charge in [0.25, 0.3) is 0 Å². The molecule has 0 spiro atoms. The van der Waals surface area contributed by atoms with Crippen LogP contribution in [0.4, 0.5) is 5.82 Å². The Labute approximate surface area is 409 Å². The molecule has 3 aromatic carbocycles. The molecule has 12 heteroatoms. The smallest absolute Gasteiger partial charge is 0.161 e. The Morgan fingerprint density at radius 2 is 1.70 bits per heavy atom. The summed E-state index contributed by atoms with van der Waals surface area (Å²) < 4.78 is 6.49. The summed E-state index contributed by atoms with van der Waals surface area (Å²) in [5.74, 6) is 4.16. The minimum absolute atomic E-state index is 0.000489. The lowest BCUT2D eigenvalue weighted by Gasteiger charge is -2.39. The number of hydrogen-bond acceptors (Lipinski definition) is 10.